The van der Waals surface area contributed by atoms with Crippen LogP contribution in [0.4, 0.5) is 13.2 Å². The van der Waals surface area contributed by atoms with E-state index in [1.54, 1.807) is 4.57 Å². The molecule has 3 heterocycles. The van der Waals surface area contributed by atoms with Crippen molar-refractivity contribution in [3.63, 3.8) is 0 Å². The predicted octanol–water partition coefficient (Wildman–Crippen LogP) is 3.18. The monoisotopic (exact) mass is 461 g/mol. The molecule has 0 aromatic carbocycles. The molecule has 3 aromatic rings. The fourth-order valence-electron chi connectivity index (χ4n) is 4.69. The zero-order valence-electron chi connectivity index (χ0n) is 17.6. The van der Waals surface area contributed by atoms with Crippen molar-refractivity contribution in [3.8, 4) is 5.75 Å². The van der Waals surface area contributed by atoms with E-state index in [9.17, 15) is 27.9 Å². The van der Waals surface area contributed by atoms with Gasteiger partial charge in [-0.2, -0.15) is 18.3 Å². The number of halogens is 3. The molecule has 2 fully saturated rings. The van der Waals surface area contributed by atoms with Gasteiger partial charge in [-0.15, -0.1) is 0 Å². The van der Waals surface area contributed by atoms with Gasteiger partial charge >= 0.3 is 6.18 Å². The lowest BCUT2D eigenvalue weighted by molar-refractivity contribution is -0.136. The molecule has 11 heteroatoms. The van der Waals surface area contributed by atoms with Crippen molar-refractivity contribution in [2.45, 2.75) is 62.8 Å². The highest BCUT2D eigenvalue weighted by atomic mass is 19.4. The summed E-state index contributed by atoms with van der Waals surface area (Å²) in [6.07, 6.45) is 3.44. The highest BCUT2D eigenvalue weighted by Crippen LogP contribution is 2.43. The smallest absolute Gasteiger partial charge is 0.418 e. The van der Waals surface area contributed by atoms with Gasteiger partial charge in [0.15, 0.2) is 11.4 Å². The van der Waals surface area contributed by atoms with Crippen molar-refractivity contribution in [3.05, 3.63) is 52.2 Å². The Kier molecular flexibility index (Phi) is 4.95. The summed E-state index contributed by atoms with van der Waals surface area (Å²) in [5.74, 6) is -1.30. The molecule has 2 N–H and O–H groups in total. The Hall–Kier alpha value is -3.37. The number of hydrogen-bond donors (Lipinski definition) is 2. The van der Waals surface area contributed by atoms with Crippen molar-refractivity contribution in [2.75, 3.05) is 0 Å². The molecular weight excluding hydrogens is 439 g/mol. The van der Waals surface area contributed by atoms with Gasteiger partial charge in [0.05, 0.1) is 23.8 Å². The molecule has 33 heavy (non-hydrogen) atoms. The normalized spacial score (nSPS) is 18.0. The maximum Gasteiger partial charge on any atom is 0.418 e. The first-order chi connectivity index (χ1) is 15.7. The van der Waals surface area contributed by atoms with E-state index in [1.165, 1.54) is 23.0 Å². The number of fused-ring (bicyclic) bond motifs is 1. The summed E-state index contributed by atoms with van der Waals surface area (Å²) >= 11 is 0. The van der Waals surface area contributed by atoms with E-state index in [0.717, 1.165) is 38.1 Å². The van der Waals surface area contributed by atoms with Crippen LogP contribution >= 0.6 is 0 Å². The SMILES string of the molecule is O=C(NC1CC1)c1nn(CC2(n3cc(C(F)(F)F)c4cccnc43)CCCC2)cc(O)c1=O. The van der Waals surface area contributed by atoms with Crippen molar-refractivity contribution < 1.29 is 23.1 Å². The summed E-state index contributed by atoms with van der Waals surface area (Å²) in [5, 5.41) is 17.0. The van der Waals surface area contributed by atoms with Crippen LogP contribution in [0.5, 0.6) is 5.75 Å². The van der Waals surface area contributed by atoms with Gasteiger partial charge in [-0.05, 0) is 37.8 Å². The third-order valence-electron chi connectivity index (χ3n) is 6.45. The molecule has 3 aromatic heterocycles. The second kappa shape index (κ2) is 7.60. The summed E-state index contributed by atoms with van der Waals surface area (Å²) in [6, 6.07) is 2.86. The van der Waals surface area contributed by atoms with Crippen LogP contribution in [0.15, 0.2) is 35.5 Å². The standard InChI is InChI=1S/C22H22F3N5O3/c23-22(24,25)15-10-30(19-14(15)4-3-9-26-19)21(7-1-2-8-21)12-29-11-16(31)18(32)17(28-29)20(33)27-13-5-6-13/h3-4,9-11,13,31H,1-2,5-8,12H2,(H,27,33). The largest absolute Gasteiger partial charge is 0.503 e. The van der Waals surface area contributed by atoms with E-state index in [2.05, 4.69) is 15.4 Å². The molecule has 1 amide bonds. The molecule has 0 radical (unpaired) electrons. The zero-order chi connectivity index (χ0) is 23.4. The number of amides is 1. The van der Waals surface area contributed by atoms with Crippen LogP contribution in [0.1, 0.15) is 54.6 Å². The molecular formula is C22H22F3N5O3. The Morgan fingerprint density at radius 2 is 1.97 bits per heavy atom. The van der Waals surface area contributed by atoms with Gasteiger partial charge in [0.1, 0.15) is 5.65 Å². The van der Waals surface area contributed by atoms with Gasteiger partial charge in [-0.25, -0.2) is 4.98 Å². The lowest BCUT2D eigenvalue weighted by Gasteiger charge is -2.32. The van der Waals surface area contributed by atoms with Crippen LogP contribution in [-0.4, -0.2) is 36.4 Å². The minimum absolute atomic E-state index is 0.00576. The number of aromatic hydroxyl groups is 1. The summed E-state index contributed by atoms with van der Waals surface area (Å²) in [7, 11) is 0. The van der Waals surface area contributed by atoms with Crippen LogP contribution in [0.25, 0.3) is 11.0 Å². The minimum atomic E-state index is -4.55. The summed E-state index contributed by atoms with van der Waals surface area (Å²) in [6.45, 7) is 0.0716. The van der Waals surface area contributed by atoms with E-state index in [-0.39, 0.29) is 23.6 Å². The molecule has 8 nitrogen and oxygen atoms in total. The third kappa shape index (κ3) is 3.85. The van der Waals surface area contributed by atoms with Crippen molar-refractivity contribution in [1.82, 2.24) is 24.6 Å². The molecule has 0 unspecified atom stereocenters. The quantitative estimate of drug-likeness (QED) is 0.608. The lowest BCUT2D eigenvalue weighted by atomic mass is 9.97. The van der Waals surface area contributed by atoms with E-state index >= 15 is 0 Å². The van der Waals surface area contributed by atoms with Crippen molar-refractivity contribution in [1.29, 1.82) is 0 Å². The Morgan fingerprint density at radius 1 is 1.24 bits per heavy atom. The molecule has 2 saturated carbocycles. The summed E-state index contributed by atoms with van der Waals surface area (Å²) < 4.78 is 44.1. The second-order valence-electron chi connectivity index (χ2n) is 8.85. The van der Waals surface area contributed by atoms with E-state index in [1.807, 2.05) is 0 Å². The third-order valence-corrected chi connectivity index (χ3v) is 6.45. The van der Waals surface area contributed by atoms with Crippen LogP contribution < -0.4 is 10.7 Å². The average molecular weight is 461 g/mol. The van der Waals surface area contributed by atoms with E-state index in [4.69, 9.17) is 0 Å². The first kappa shape index (κ1) is 21.5. The van der Waals surface area contributed by atoms with Gasteiger partial charge in [0, 0.05) is 23.8 Å². The molecule has 0 aliphatic heterocycles. The predicted molar refractivity (Wildman–Crippen MR) is 112 cm³/mol. The van der Waals surface area contributed by atoms with Crippen molar-refractivity contribution in [2.24, 2.45) is 0 Å². The molecule has 0 spiro atoms. The minimum Gasteiger partial charge on any atom is -0.503 e. The molecule has 5 rings (SSSR count). The summed E-state index contributed by atoms with van der Waals surface area (Å²) in [5.41, 5.74) is -2.67. The highest BCUT2D eigenvalue weighted by Gasteiger charge is 2.42. The lowest BCUT2D eigenvalue weighted by Crippen LogP contribution is -2.38. The van der Waals surface area contributed by atoms with Gasteiger partial charge < -0.3 is 15.0 Å². The fraction of sp³-hybridized carbons (Fsp3) is 0.455. The second-order valence-corrected chi connectivity index (χ2v) is 8.85. The van der Waals surface area contributed by atoms with Crippen LogP contribution in [0.3, 0.4) is 0 Å². The molecule has 2 aliphatic rings. The number of pyridine rings is 1. The zero-order valence-corrected chi connectivity index (χ0v) is 17.6. The highest BCUT2D eigenvalue weighted by molar-refractivity contribution is 5.92. The van der Waals surface area contributed by atoms with E-state index < -0.39 is 40.1 Å². The van der Waals surface area contributed by atoms with E-state index in [0.29, 0.717) is 12.8 Å². The fourth-order valence-corrected chi connectivity index (χ4v) is 4.69. The van der Waals surface area contributed by atoms with Gasteiger partial charge in [-0.3, -0.25) is 14.3 Å². The molecule has 2 aliphatic carbocycles. The number of nitrogens with one attached hydrogen (secondary N) is 1. The molecule has 0 atom stereocenters. The molecule has 0 bridgehead atoms. The Balaban J connectivity index is 1.59. The average Bonchev–Trinajstić information content (AvgIpc) is 3.29. The van der Waals surface area contributed by atoms with Crippen LogP contribution in [0.2, 0.25) is 0 Å². The maximum atomic E-state index is 13.7. The first-order valence-corrected chi connectivity index (χ1v) is 10.8. The number of rotatable bonds is 5. The molecule has 174 valence electrons. The van der Waals surface area contributed by atoms with Gasteiger partial charge in [-0.1, -0.05) is 12.8 Å². The number of nitrogens with zero attached hydrogens (tertiary/aromatic N) is 4. The first-order valence-electron chi connectivity index (χ1n) is 10.8. The topological polar surface area (TPSA) is 102 Å². The van der Waals surface area contributed by atoms with Gasteiger partial charge in [0.2, 0.25) is 0 Å². The Bertz CT molecular complexity index is 1290. The number of carbonyl (C=O) groups is 1. The summed E-state index contributed by atoms with van der Waals surface area (Å²) in [4.78, 5) is 29.0. The number of aromatic nitrogens is 4. The number of hydrogen-bond acceptors (Lipinski definition) is 5. The van der Waals surface area contributed by atoms with Crippen molar-refractivity contribution >= 4 is 16.9 Å². The van der Waals surface area contributed by atoms with Crippen LogP contribution in [-0.2, 0) is 18.3 Å². The Morgan fingerprint density at radius 3 is 2.64 bits per heavy atom. The molecule has 0 saturated heterocycles. The maximum absolute atomic E-state index is 13.7. The Labute approximate surface area is 186 Å². The number of alkyl halides is 3. The number of carbonyl (C=O) groups excluding carboxylic acids is 1. The van der Waals surface area contributed by atoms with Gasteiger partial charge in [0.25, 0.3) is 11.3 Å². The van der Waals surface area contributed by atoms with Crippen LogP contribution in [0, 0.1) is 0 Å².